The molecule has 0 bridgehead atoms. The van der Waals surface area contributed by atoms with Crippen LogP contribution in [0.5, 0.6) is 5.75 Å². The molecular formula is C15H20N2O. The van der Waals surface area contributed by atoms with Gasteiger partial charge in [-0.15, -0.1) is 0 Å². The molecule has 0 amide bonds. The normalized spacial score (nSPS) is 17.8. The largest absolute Gasteiger partial charge is 0.497 e. The van der Waals surface area contributed by atoms with E-state index in [0.717, 1.165) is 18.6 Å². The van der Waals surface area contributed by atoms with E-state index < -0.39 is 5.54 Å². The molecule has 1 fully saturated rings. The fraction of sp³-hybridized carbons (Fsp3) is 0.533. The van der Waals surface area contributed by atoms with Crippen molar-refractivity contribution >= 4 is 0 Å². The number of hydrogen-bond acceptors (Lipinski definition) is 3. The summed E-state index contributed by atoms with van der Waals surface area (Å²) in [6.45, 7) is 1.99. The molecular weight excluding hydrogens is 224 g/mol. The Kier molecular flexibility index (Phi) is 3.88. The zero-order valence-corrected chi connectivity index (χ0v) is 11.1. The van der Waals surface area contributed by atoms with Crippen LogP contribution in [0.4, 0.5) is 0 Å². The second-order valence-electron chi connectivity index (χ2n) is 5.21. The Morgan fingerprint density at radius 3 is 2.56 bits per heavy atom. The number of aryl methyl sites for hydroxylation is 1. The number of nitrogens with zero attached hydrogens (tertiary/aromatic N) is 1. The van der Waals surface area contributed by atoms with E-state index in [9.17, 15) is 5.26 Å². The van der Waals surface area contributed by atoms with Gasteiger partial charge in [0.15, 0.2) is 0 Å². The lowest BCUT2D eigenvalue weighted by molar-refractivity contribution is 0.411. The van der Waals surface area contributed by atoms with E-state index in [-0.39, 0.29) is 0 Å². The van der Waals surface area contributed by atoms with Gasteiger partial charge in [-0.1, -0.05) is 12.1 Å². The molecule has 2 rings (SSSR count). The Morgan fingerprint density at radius 1 is 1.39 bits per heavy atom. The van der Waals surface area contributed by atoms with E-state index in [0.29, 0.717) is 6.04 Å². The van der Waals surface area contributed by atoms with E-state index in [1.807, 2.05) is 19.1 Å². The van der Waals surface area contributed by atoms with E-state index in [1.165, 1.54) is 18.4 Å². The van der Waals surface area contributed by atoms with Crippen molar-refractivity contribution in [2.75, 3.05) is 7.11 Å². The average molecular weight is 244 g/mol. The molecule has 1 aliphatic carbocycles. The number of benzene rings is 1. The Hall–Kier alpha value is -1.53. The van der Waals surface area contributed by atoms with Crippen LogP contribution < -0.4 is 10.1 Å². The molecule has 1 N–H and O–H groups in total. The summed E-state index contributed by atoms with van der Waals surface area (Å²) < 4.78 is 5.13. The minimum absolute atomic E-state index is 0.402. The summed E-state index contributed by atoms with van der Waals surface area (Å²) in [5, 5.41) is 12.7. The molecule has 0 aromatic heterocycles. The highest BCUT2D eigenvalue weighted by atomic mass is 16.5. The average Bonchev–Trinajstić information content (AvgIpc) is 3.21. The highest BCUT2D eigenvalue weighted by Gasteiger charge is 2.32. The van der Waals surface area contributed by atoms with Gasteiger partial charge in [-0.05, 0) is 50.3 Å². The molecule has 1 aromatic carbocycles. The third-order valence-electron chi connectivity index (χ3n) is 3.42. The van der Waals surface area contributed by atoms with Crippen LogP contribution in [-0.2, 0) is 6.42 Å². The van der Waals surface area contributed by atoms with Crippen LogP contribution in [0, 0.1) is 11.3 Å². The van der Waals surface area contributed by atoms with Gasteiger partial charge in [0.25, 0.3) is 0 Å². The lowest BCUT2D eigenvalue weighted by Crippen LogP contribution is -2.42. The molecule has 0 heterocycles. The maximum atomic E-state index is 9.29. The summed E-state index contributed by atoms with van der Waals surface area (Å²) >= 11 is 0. The lowest BCUT2D eigenvalue weighted by Gasteiger charge is -2.23. The lowest BCUT2D eigenvalue weighted by atomic mass is 9.94. The van der Waals surface area contributed by atoms with Crippen LogP contribution in [0.25, 0.3) is 0 Å². The smallest absolute Gasteiger partial charge is 0.118 e. The van der Waals surface area contributed by atoms with Crippen LogP contribution >= 0.6 is 0 Å². The predicted molar refractivity (Wildman–Crippen MR) is 71.5 cm³/mol. The number of nitriles is 1. The fourth-order valence-corrected chi connectivity index (χ4v) is 2.03. The molecule has 0 aliphatic heterocycles. The van der Waals surface area contributed by atoms with Crippen LogP contribution in [0.2, 0.25) is 0 Å². The molecule has 0 spiro atoms. The molecule has 3 nitrogen and oxygen atoms in total. The van der Waals surface area contributed by atoms with Crippen molar-refractivity contribution in [3.05, 3.63) is 29.8 Å². The second kappa shape index (κ2) is 5.41. The quantitative estimate of drug-likeness (QED) is 0.836. The zero-order valence-electron chi connectivity index (χ0n) is 11.1. The Morgan fingerprint density at radius 2 is 2.06 bits per heavy atom. The van der Waals surface area contributed by atoms with Crippen LogP contribution in [0.1, 0.15) is 31.7 Å². The van der Waals surface area contributed by atoms with Crippen molar-refractivity contribution in [2.45, 2.75) is 44.2 Å². The van der Waals surface area contributed by atoms with Crippen molar-refractivity contribution in [2.24, 2.45) is 0 Å². The number of ether oxygens (including phenoxy) is 1. The van der Waals surface area contributed by atoms with Gasteiger partial charge in [0, 0.05) is 6.04 Å². The third-order valence-corrected chi connectivity index (χ3v) is 3.42. The van der Waals surface area contributed by atoms with Crippen LogP contribution in [0.3, 0.4) is 0 Å². The number of methoxy groups -OCH3 is 1. The highest BCUT2D eigenvalue weighted by molar-refractivity contribution is 5.27. The van der Waals surface area contributed by atoms with Crippen molar-refractivity contribution in [3.63, 3.8) is 0 Å². The standard InChI is InChI=1S/C15H20N2O/c1-15(11-16,17-13-5-6-13)10-9-12-3-7-14(18-2)8-4-12/h3-4,7-8,13,17H,5-6,9-10H2,1-2H3. The van der Waals surface area contributed by atoms with Gasteiger partial charge >= 0.3 is 0 Å². The van der Waals surface area contributed by atoms with Gasteiger partial charge in [-0.25, -0.2) is 0 Å². The summed E-state index contributed by atoms with van der Waals surface area (Å²) in [5.41, 5.74) is 0.844. The zero-order chi connectivity index (χ0) is 13.0. The molecule has 1 atom stereocenters. The molecule has 0 radical (unpaired) electrons. The van der Waals surface area contributed by atoms with E-state index in [2.05, 4.69) is 23.5 Å². The molecule has 0 saturated heterocycles. The van der Waals surface area contributed by atoms with Gasteiger partial charge in [0.05, 0.1) is 13.2 Å². The first-order valence-corrected chi connectivity index (χ1v) is 6.47. The van der Waals surface area contributed by atoms with Gasteiger partial charge in [0.1, 0.15) is 11.3 Å². The minimum atomic E-state index is -0.402. The van der Waals surface area contributed by atoms with E-state index >= 15 is 0 Å². The number of hydrogen-bond donors (Lipinski definition) is 1. The molecule has 1 aromatic rings. The monoisotopic (exact) mass is 244 g/mol. The van der Waals surface area contributed by atoms with E-state index in [4.69, 9.17) is 4.74 Å². The molecule has 1 saturated carbocycles. The maximum absolute atomic E-state index is 9.29. The Labute approximate surface area is 109 Å². The predicted octanol–water partition coefficient (Wildman–Crippen LogP) is 2.66. The van der Waals surface area contributed by atoms with Crippen molar-refractivity contribution in [1.82, 2.24) is 5.32 Å². The van der Waals surface area contributed by atoms with Gasteiger partial charge in [0.2, 0.25) is 0 Å². The summed E-state index contributed by atoms with van der Waals surface area (Å²) in [6, 6.07) is 11.0. The van der Waals surface area contributed by atoms with Crippen molar-refractivity contribution < 1.29 is 4.74 Å². The molecule has 1 aliphatic rings. The number of nitrogens with one attached hydrogen (secondary N) is 1. The first kappa shape index (κ1) is 12.9. The van der Waals surface area contributed by atoms with Gasteiger partial charge in [-0.2, -0.15) is 5.26 Å². The molecule has 1 unspecified atom stereocenters. The Bertz CT molecular complexity index is 431. The van der Waals surface area contributed by atoms with E-state index in [1.54, 1.807) is 7.11 Å². The summed E-state index contributed by atoms with van der Waals surface area (Å²) in [6.07, 6.45) is 4.17. The first-order valence-electron chi connectivity index (χ1n) is 6.47. The third kappa shape index (κ3) is 3.48. The first-order chi connectivity index (χ1) is 8.65. The van der Waals surface area contributed by atoms with Crippen molar-refractivity contribution in [3.8, 4) is 11.8 Å². The molecule has 3 heteroatoms. The number of rotatable bonds is 6. The van der Waals surface area contributed by atoms with Gasteiger partial charge in [-0.3, -0.25) is 5.32 Å². The molecule has 18 heavy (non-hydrogen) atoms. The SMILES string of the molecule is COc1ccc(CCC(C)(C#N)NC2CC2)cc1. The van der Waals surface area contributed by atoms with Gasteiger partial charge < -0.3 is 4.74 Å². The topological polar surface area (TPSA) is 45.0 Å². The maximum Gasteiger partial charge on any atom is 0.118 e. The fourth-order valence-electron chi connectivity index (χ4n) is 2.03. The summed E-state index contributed by atoms with van der Waals surface area (Å²) in [4.78, 5) is 0. The highest BCUT2D eigenvalue weighted by Crippen LogP contribution is 2.25. The van der Waals surface area contributed by atoms with Crippen molar-refractivity contribution in [1.29, 1.82) is 5.26 Å². The minimum Gasteiger partial charge on any atom is -0.497 e. The molecule has 96 valence electrons. The summed E-state index contributed by atoms with van der Waals surface area (Å²) in [5.74, 6) is 0.873. The van der Waals surface area contributed by atoms with Crippen LogP contribution in [0.15, 0.2) is 24.3 Å². The Balaban J connectivity index is 1.90. The second-order valence-corrected chi connectivity index (χ2v) is 5.21. The summed E-state index contributed by atoms with van der Waals surface area (Å²) in [7, 11) is 1.67. The van der Waals surface area contributed by atoms with Crippen LogP contribution in [-0.4, -0.2) is 18.7 Å².